The molecule has 2 aromatic heterocycles. The molecule has 1 unspecified atom stereocenters. The molecule has 0 radical (unpaired) electrons. The molecule has 1 aliphatic rings. The van der Waals surface area contributed by atoms with Crippen molar-refractivity contribution in [2.24, 2.45) is 13.0 Å². The maximum absolute atomic E-state index is 13.9. The van der Waals surface area contributed by atoms with Gasteiger partial charge in [0.15, 0.2) is 17.2 Å². The van der Waals surface area contributed by atoms with Crippen molar-refractivity contribution in [2.45, 2.75) is 19.4 Å². The number of Topliss-reactive ketones (excluding diaryl/α,β-unsaturated/α-hetero) is 1. The molecule has 8 nitrogen and oxygen atoms in total. The average molecular weight is 487 g/mol. The minimum Gasteiger partial charge on any atom is -0.493 e. The molecule has 2 aromatic carbocycles. The van der Waals surface area contributed by atoms with E-state index in [9.17, 15) is 14.4 Å². The van der Waals surface area contributed by atoms with Crippen molar-refractivity contribution in [1.82, 2.24) is 19.8 Å². The normalized spacial score (nSPS) is 15.8. The van der Waals surface area contributed by atoms with Gasteiger partial charge in [0, 0.05) is 24.5 Å². The lowest BCUT2D eigenvalue weighted by atomic mass is 10.00. The summed E-state index contributed by atoms with van der Waals surface area (Å²) in [6, 6.07) is 16.4. The summed E-state index contributed by atoms with van der Waals surface area (Å²) in [4.78, 5) is 40.3. The van der Waals surface area contributed by atoms with Crippen molar-refractivity contribution < 1.29 is 14.3 Å². The van der Waals surface area contributed by atoms with Gasteiger partial charge in [-0.05, 0) is 37.9 Å². The number of nitrogens with one attached hydrogen (secondary N) is 2. The van der Waals surface area contributed by atoms with E-state index in [4.69, 9.17) is 4.74 Å². The molecule has 1 saturated heterocycles. The minimum atomic E-state index is -0.365. The number of ether oxygens (including phenoxy) is 1. The lowest BCUT2D eigenvalue weighted by molar-refractivity contribution is 0.0932. The maximum atomic E-state index is 13.9. The molecule has 0 saturated carbocycles. The largest absolute Gasteiger partial charge is 0.493 e. The number of nitrogens with zero attached hydrogens (tertiary/aromatic N) is 2. The zero-order valence-corrected chi connectivity index (χ0v) is 20.5. The predicted molar refractivity (Wildman–Crippen MR) is 140 cm³/mol. The van der Waals surface area contributed by atoms with Gasteiger partial charge in [-0.15, -0.1) is 0 Å². The van der Waals surface area contributed by atoms with E-state index in [0.717, 1.165) is 31.3 Å². The average Bonchev–Trinajstić information content (AvgIpc) is 3.23. The molecule has 0 spiro atoms. The van der Waals surface area contributed by atoms with E-state index < -0.39 is 0 Å². The van der Waals surface area contributed by atoms with Crippen molar-refractivity contribution in [2.75, 3.05) is 26.7 Å². The van der Waals surface area contributed by atoms with E-state index in [1.807, 2.05) is 30.3 Å². The highest BCUT2D eigenvalue weighted by Crippen LogP contribution is 2.34. The highest BCUT2D eigenvalue weighted by molar-refractivity contribution is 6.12. The molecule has 1 fully saturated rings. The summed E-state index contributed by atoms with van der Waals surface area (Å²) in [5, 5.41) is 7.46. The number of hydrogen-bond acceptors (Lipinski definition) is 5. The SMILES string of the molecule is COc1c(C(=O)NCC2CCCNC2)n(C)c2c1c(=O)n(CC(=O)c1ccccc1)c1ccccc21. The van der Waals surface area contributed by atoms with Gasteiger partial charge in [0.1, 0.15) is 5.39 Å². The van der Waals surface area contributed by atoms with Gasteiger partial charge in [0.25, 0.3) is 11.5 Å². The third-order valence-corrected chi connectivity index (χ3v) is 7.03. The van der Waals surface area contributed by atoms with E-state index in [2.05, 4.69) is 10.6 Å². The number of hydrogen-bond donors (Lipinski definition) is 2. The number of ketones is 1. The summed E-state index contributed by atoms with van der Waals surface area (Å²) in [5.41, 5.74) is 1.70. The molecule has 36 heavy (non-hydrogen) atoms. The van der Waals surface area contributed by atoms with E-state index in [1.54, 1.807) is 35.9 Å². The molecule has 5 rings (SSSR count). The number of carbonyl (C=O) groups excluding carboxylic acids is 2. The summed E-state index contributed by atoms with van der Waals surface area (Å²) in [6.07, 6.45) is 2.15. The molecule has 186 valence electrons. The van der Waals surface area contributed by atoms with Crippen molar-refractivity contribution in [3.05, 3.63) is 76.2 Å². The number of pyridine rings is 1. The third-order valence-electron chi connectivity index (χ3n) is 7.03. The molecule has 8 heteroatoms. The number of para-hydroxylation sites is 1. The van der Waals surface area contributed by atoms with Crippen LogP contribution in [0, 0.1) is 5.92 Å². The highest BCUT2D eigenvalue weighted by Gasteiger charge is 2.28. The van der Waals surface area contributed by atoms with E-state index in [1.165, 1.54) is 11.7 Å². The zero-order chi connectivity index (χ0) is 25.2. The van der Waals surface area contributed by atoms with Gasteiger partial charge in [-0.1, -0.05) is 48.5 Å². The number of aromatic nitrogens is 2. The molecular weight excluding hydrogens is 456 g/mol. The number of piperidine rings is 1. The first-order valence-corrected chi connectivity index (χ1v) is 12.3. The summed E-state index contributed by atoms with van der Waals surface area (Å²) in [7, 11) is 3.23. The Kier molecular flexibility index (Phi) is 6.61. The molecule has 1 amide bonds. The van der Waals surface area contributed by atoms with Crippen LogP contribution in [0.2, 0.25) is 0 Å². The number of carbonyl (C=O) groups is 2. The molecule has 0 aliphatic carbocycles. The Hall–Kier alpha value is -3.91. The number of rotatable bonds is 7. The Morgan fingerprint density at radius 1 is 1.11 bits per heavy atom. The van der Waals surface area contributed by atoms with Crippen LogP contribution in [0.1, 0.15) is 33.7 Å². The number of amides is 1. The van der Waals surface area contributed by atoms with E-state index in [-0.39, 0.29) is 29.5 Å². The zero-order valence-electron chi connectivity index (χ0n) is 20.5. The maximum Gasteiger partial charge on any atom is 0.271 e. The molecule has 1 atom stereocenters. The lowest BCUT2D eigenvalue weighted by Gasteiger charge is -2.23. The first-order valence-electron chi connectivity index (χ1n) is 12.3. The van der Waals surface area contributed by atoms with Gasteiger partial charge in [0.2, 0.25) is 0 Å². The summed E-state index contributed by atoms with van der Waals surface area (Å²) in [5.74, 6) is 0.136. The fraction of sp³-hybridized carbons (Fsp3) is 0.321. The molecule has 3 heterocycles. The third kappa shape index (κ3) is 4.18. The standard InChI is InChI=1S/C28H30N4O4/c1-31-24-20-12-6-7-13-21(20)32(17-22(33)19-10-4-3-5-11-19)28(35)23(24)26(36-2)25(31)27(34)30-16-18-9-8-14-29-15-18/h3-7,10-13,18,29H,8-9,14-17H2,1-2H3,(H,30,34). The van der Waals surface area contributed by atoms with Crippen LogP contribution >= 0.6 is 0 Å². The van der Waals surface area contributed by atoms with Gasteiger partial charge in [-0.25, -0.2) is 0 Å². The Morgan fingerprint density at radius 3 is 2.58 bits per heavy atom. The van der Waals surface area contributed by atoms with Crippen molar-refractivity contribution >= 4 is 33.5 Å². The topological polar surface area (TPSA) is 94.4 Å². The van der Waals surface area contributed by atoms with Crippen LogP contribution in [0.3, 0.4) is 0 Å². The molecular formula is C28H30N4O4. The Balaban J connectivity index is 1.62. The summed E-state index contributed by atoms with van der Waals surface area (Å²) in [6.45, 7) is 2.31. The van der Waals surface area contributed by atoms with Crippen molar-refractivity contribution in [3.63, 3.8) is 0 Å². The van der Waals surface area contributed by atoms with E-state index in [0.29, 0.717) is 40.1 Å². The van der Waals surface area contributed by atoms with Crippen LogP contribution in [-0.4, -0.2) is 47.6 Å². The van der Waals surface area contributed by atoms with Crippen LogP contribution < -0.4 is 20.9 Å². The highest BCUT2D eigenvalue weighted by atomic mass is 16.5. The fourth-order valence-electron chi connectivity index (χ4n) is 5.21. The first kappa shape index (κ1) is 23.8. The van der Waals surface area contributed by atoms with Gasteiger partial charge in [0.05, 0.1) is 24.7 Å². The molecule has 1 aliphatic heterocycles. The fourth-order valence-corrected chi connectivity index (χ4v) is 5.21. The van der Waals surface area contributed by atoms with Gasteiger partial charge in [-0.2, -0.15) is 0 Å². The minimum absolute atomic E-state index is 0.118. The second-order valence-electron chi connectivity index (χ2n) is 9.28. The molecule has 0 bridgehead atoms. The lowest BCUT2D eigenvalue weighted by Crippen LogP contribution is -2.38. The van der Waals surface area contributed by atoms with Crippen molar-refractivity contribution in [3.8, 4) is 5.75 Å². The van der Waals surface area contributed by atoms with Gasteiger partial charge in [-0.3, -0.25) is 19.0 Å². The quantitative estimate of drug-likeness (QED) is 0.392. The van der Waals surface area contributed by atoms with Crippen LogP contribution in [-0.2, 0) is 13.6 Å². The summed E-state index contributed by atoms with van der Waals surface area (Å²) >= 11 is 0. The molecule has 2 N–H and O–H groups in total. The van der Waals surface area contributed by atoms with E-state index >= 15 is 0 Å². The van der Waals surface area contributed by atoms with Crippen LogP contribution in [0.25, 0.3) is 21.8 Å². The number of methoxy groups -OCH3 is 1. The first-order chi connectivity index (χ1) is 17.5. The number of fused-ring (bicyclic) bond motifs is 3. The smallest absolute Gasteiger partial charge is 0.271 e. The Bertz CT molecular complexity index is 1500. The Morgan fingerprint density at radius 2 is 1.86 bits per heavy atom. The Labute approximate surface area is 208 Å². The number of benzene rings is 2. The van der Waals surface area contributed by atoms with Gasteiger partial charge >= 0.3 is 0 Å². The molecule has 4 aromatic rings. The van der Waals surface area contributed by atoms with Crippen LogP contribution in [0.15, 0.2) is 59.4 Å². The van der Waals surface area contributed by atoms with Crippen LogP contribution in [0.5, 0.6) is 5.75 Å². The van der Waals surface area contributed by atoms with Crippen LogP contribution in [0.4, 0.5) is 0 Å². The summed E-state index contributed by atoms with van der Waals surface area (Å²) < 4.78 is 8.88. The van der Waals surface area contributed by atoms with Gasteiger partial charge < -0.3 is 19.9 Å². The second kappa shape index (κ2) is 9.99. The number of aryl methyl sites for hydroxylation is 1. The predicted octanol–water partition coefficient (Wildman–Crippen LogP) is 3.11. The van der Waals surface area contributed by atoms with Crippen molar-refractivity contribution in [1.29, 1.82) is 0 Å². The second-order valence-corrected chi connectivity index (χ2v) is 9.28. The monoisotopic (exact) mass is 486 g/mol.